The highest BCUT2D eigenvalue weighted by Crippen LogP contribution is 2.36. The summed E-state index contributed by atoms with van der Waals surface area (Å²) in [6.07, 6.45) is -4.54. The highest BCUT2D eigenvalue weighted by atomic mass is 32.2. The Morgan fingerprint density at radius 1 is 1.11 bits per heavy atom. The quantitative estimate of drug-likeness (QED) is 0.409. The largest absolute Gasteiger partial charge is 0.416 e. The average molecular weight is 496 g/mol. The molecule has 0 aliphatic rings. The molecule has 0 radical (unpaired) electrons. The van der Waals surface area contributed by atoms with E-state index in [0.29, 0.717) is 17.0 Å². The van der Waals surface area contributed by atoms with Crippen molar-refractivity contribution < 1.29 is 18.0 Å². The first kappa shape index (κ1) is 25.6. The number of nitriles is 2. The average Bonchev–Trinajstić information content (AvgIpc) is 2.82. The van der Waals surface area contributed by atoms with Gasteiger partial charge in [-0.3, -0.25) is 4.79 Å². The number of hydrogen-bond acceptors (Lipinski definition) is 6. The predicted molar refractivity (Wildman–Crippen MR) is 128 cm³/mol. The molecule has 0 aliphatic heterocycles. The van der Waals surface area contributed by atoms with E-state index in [2.05, 4.69) is 16.4 Å². The molecule has 0 aliphatic carbocycles. The minimum absolute atomic E-state index is 0.0100. The van der Waals surface area contributed by atoms with Gasteiger partial charge in [0.25, 0.3) is 0 Å². The normalized spacial score (nSPS) is 11.1. The van der Waals surface area contributed by atoms with Gasteiger partial charge in [0.1, 0.15) is 28.5 Å². The van der Waals surface area contributed by atoms with E-state index in [1.165, 1.54) is 12.1 Å². The number of anilines is 2. The predicted octanol–water partition coefficient (Wildman–Crippen LogP) is 5.95. The number of aromatic nitrogens is 1. The van der Waals surface area contributed by atoms with Gasteiger partial charge in [0.15, 0.2) is 0 Å². The van der Waals surface area contributed by atoms with Gasteiger partial charge in [-0.25, -0.2) is 4.98 Å². The molecule has 0 saturated carbocycles. The highest BCUT2D eigenvalue weighted by Gasteiger charge is 2.30. The van der Waals surface area contributed by atoms with E-state index in [-0.39, 0.29) is 33.4 Å². The Bertz CT molecular complexity index is 1340. The summed E-state index contributed by atoms with van der Waals surface area (Å²) in [5, 5.41) is 22.1. The van der Waals surface area contributed by atoms with Crippen LogP contribution in [0.25, 0.3) is 11.1 Å². The molecule has 10 heteroatoms. The van der Waals surface area contributed by atoms with Crippen molar-refractivity contribution in [3.8, 4) is 23.3 Å². The number of carbonyl (C=O) groups is 1. The fraction of sp³-hybridized carbons (Fsp3) is 0.200. The fourth-order valence-corrected chi connectivity index (χ4v) is 4.13. The molecule has 0 saturated heterocycles. The topological polar surface area (TPSA) is 116 Å². The molecule has 1 heterocycles. The molecule has 0 unspecified atom stereocenters. The SMILES string of the molecule is CC(C)c1ccc(-c2c(C#N)c(N)nc(SCC(=O)Nc3cccc(C(F)(F)F)c3)c2C#N)cc1. The first-order chi connectivity index (χ1) is 16.5. The number of alkyl halides is 3. The van der Waals surface area contributed by atoms with E-state index in [0.717, 1.165) is 29.5 Å². The second-order valence-corrected chi connectivity index (χ2v) is 8.81. The van der Waals surface area contributed by atoms with Gasteiger partial charge >= 0.3 is 6.18 Å². The van der Waals surface area contributed by atoms with Crippen molar-refractivity contribution in [2.75, 3.05) is 16.8 Å². The zero-order chi connectivity index (χ0) is 25.8. The van der Waals surface area contributed by atoms with E-state index in [9.17, 15) is 28.5 Å². The number of hydrogen-bond donors (Lipinski definition) is 2. The number of nitrogens with one attached hydrogen (secondary N) is 1. The van der Waals surface area contributed by atoms with Crippen LogP contribution in [0.5, 0.6) is 0 Å². The molecule has 0 atom stereocenters. The Labute approximate surface area is 204 Å². The third-order valence-electron chi connectivity index (χ3n) is 5.10. The number of pyridine rings is 1. The molecule has 1 amide bonds. The van der Waals surface area contributed by atoms with Gasteiger partial charge in [0, 0.05) is 11.3 Å². The first-order valence-electron chi connectivity index (χ1n) is 10.4. The Balaban J connectivity index is 1.89. The van der Waals surface area contributed by atoms with E-state index in [4.69, 9.17) is 5.73 Å². The molecule has 3 rings (SSSR count). The molecule has 3 aromatic rings. The number of nitrogens with two attached hydrogens (primary N) is 1. The molecule has 0 bridgehead atoms. The highest BCUT2D eigenvalue weighted by molar-refractivity contribution is 8.00. The number of thioether (sulfide) groups is 1. The van der Waals surface area contributed by atoms with Gasteiger partial charge in [-0.2, -0.15) is 23.7 Å². The van der Waals surface area contributed by atoms with Crippen LogP contribution in [0.4, 0.5) is 24.7 Å². The van der Waals surface area contributed by atoms with Crippen LogP contribution in [0, 0.1) is 22.7 Å². The third kappa shape index (κ3) is 5.92. The van der Waals surface area contributed by atoms with Crippen molar-refractivity contribution in [2.24, 2.45) is 0 Å². The van der Waals surface area contributed by atoms with E-state index in [1.54, 1.807) is 12.1 Å². The lowest BCUT2D eigenvalue weighted by Crippen LogP contribution is -2.15. The summed E-state index contributed by atoms with van der Waals surface area (Å²) in [6, 6.07) is 15.7. The number of halogens is 3. The molecule has 0 spiro atoms. The fourth-order valence-electron chi connectivity index (χ4n) is 3.33. The first-order valence-corrected chi connectivity index (χ1v) is 11.4. The molecule has 178 valence electrons. The zero-order valence-corrected chi connectivity index (χ0v) is 19.6. The zero-order valence-electron chi connectivity index (χ0n) is 18.8. The lowest BCUT2D eigenvalue weighted by Gasteiger charge is -2.14. The summed E-state index contributed by atoms with van der Waals surface area (Å²) in [5.41, 5.74) is 7.24. The Kier molecular flexibility index (Phi) is 7.68. The second kappa shape index (κ2) is 10.5. The lowest BCUT2D eigenvalue weighted by atomic mass is 9.94. The van der Waals surface area contributed by atoms with Gasteiger partial charge in [0.05, 0.1) is 16.9 Å². The Morgan fingerprint density at radius 2 is 1.77 bits per heavy atom. The minimum atomic E-state index is -4.54. The standard InChI is InChI=1S/C25H20F3N5OS/c1-14(2)15-6-8-16(9-7-15)22-19(11-29)23(31)33-24(20(22)12-30)35-13-21(34)32-18-5-3-4-17(10-18)25(26,27)28/h3-10,14H,13H2,1-2H3,(H2,31,33)(H,32,34). The molecule has 2 aromatic carbocycles. The number of nitrogen functional groups attached to an aromatic ring is 1. The van der Waals surface area contributed by atoms with Gasteiger partial charge < -0.3 is 11.1 Å². The summed E-state index contributed by atoms with van der Waals surface area (Å²) in [5.74, 6) is -0.630. The van der Waals surface area contributed by atoms with Crippen LogP contribution in [0.2, 0.25) is 0 Å². The molecule has 6 nitrogen and oxygen atoms in total. The van der Waals surface area contributed by atoms with E-state index < -0.39 is 17.6 Å². The van der Waals surface area contributed by atoms with Crippen LogP contribution in [-0.4, -0.2) is 16.6 Å². The van der Waals surface area contributed by atoms with Crippen molar-refractivity contribution in [3.63, 3.8) is 0 Å². The Hall–Kier alpha value is -4.02. The van der Waals surface area contributed by atoms with Crippen LogP contribution in [0.15, 0.2) is 53.6 Å². The molecular formula is C25H20F3N5OS. The Morgan fingerprint density at radius 3 is 2.34 bits per heavy atom. The molecule has 35 heavy (non-hydrogen) atoms. The number of amides is 1. The van der Waals surface area contributed by atoms with E-state index >= 15 is 0 Å². The van der Waals surface area contributed by atoms with Gasteiger partial charge in [0.2, 0.25) is 5.91 Å². The van der Waals surface area contributed by atoms with Crippen LogP contribution in [-0.2, 0) is 11.0 Å². The maximum Gasteiger partial charge on any atom is 0.416 e. The molecule has 3 N–H and O–H groups in total. The number of nitrogens with zero attached hydrogens (tertiary/aromatic N) is 3. The van der Waals surface area contributed by atoms with Crippen molar-refractivity contribution >= 4 is 29.2 Å². The van der Waals surface area contributed by atoms with Gasteiger partial charge in [-0.1, -0.05) is 55.9 Å². The maximum absolute atomic E-state index is 12.9. The van der Waals surface area contributed by atoms with E-state index in [1.807, 2.05) is 32.0 Å². The number of rotatable bonds is 6. The molecular weight excluding hydrogens is 475 g/mol. The summed E-state index contributed by atoms with van der Waals surface area (Å²) >= 11 is 0.902. The summed E-state index contributed by atoms with van der Waals surface area (Å²) in [6.45, 7) is 4.08. The van der Waals surface area contributed by atoms with Crippen molar-refractivity contribution in [1.29, 1.82) is 10.5 Å². The van der Waals surface area contributed by atoms with Gasteiger partial charge in [-0.15, -0.1) is 0 Å². The van der Waals surface area contributed by atoms with Crippen molar-refractivity contribution in [2.45, 2.75) is 31.0 Å². The minimum Gasteiger partial charge on any atom is -0.383 e. The van der Waals surface area contributed by atoms with Crippen LogP contribution in [0.1, 0.15) is 42.0 Å². The van der Waals surface area contributed by atoms with Crippen LogP contribution < -0.4 is 11.1 Å². The van der Waals surface area contributed by atoms with Crippen molar-refractivity contribution in [1.82, 2.24) is 4.98 Å². The number of carbonyl (C=O) groups excluding carboxylic acids is 1. The smallest absolute Gasteiger partial charge is 0.383 e. The second-order valence-electron chi connectivity index (χ2n) is 7.84. The van der Waals surface area contributed by atoms with Crippen molar-refractivity contribution in [3.05, 3.63) is 70.8 Å². The molecule has 0 fully saturated rings. The van der Waals surface area contributed by atoms with Gasteiger partial charge in [-0.05, 0) is 35.2 Å². The maximum atomic E-state index is 12.9. The third-order valence-corrected chi connectivity index (χ3v) is 6.07. The molecule has 1 aromatic heterocycles. The summed E-state index contributed by atoms with van der Waals surface area (Å²) in [7, 11) is 0. The van der Waals surface area contributed by atoms with Crippen LogP contribution >= 0.6 is 11.8 Å². The van der Waals surface area contributed by atoms with Crippen LogP contribution in [0.3, 0.4) is 0 Å². The summed E-state index contributed by atoms with van der Waals surface area (Å²) in [4.78, 5) is 16.5. The lowest BCUT2D eigenvalue weighted by molar-refractivity contribution is -0.137. The summed E-state index contributed by atoms with van der Waals surface area (Å²) < 4.78 is 38.7. The number of benzene rings is 2. The monoisotopic (exact) mass is 495 g/mol.